The van der Waals surface area contributed by atoms with Crippen LogP contribution >= 0.6 is 23.1 Å². The summed E-state index contributed by atoms with van der Waals surface area (Å²) < 4.78 is 8.09. The molecule has 0 bridgehead atoms. The second kappa shape index (κ2) is 11.7. The molecule has 3 aromatic rings. The lowest BCUT2D eigenvalue weighted by atomic mass is 9.88. The van der Waals surface area contributed by atoms with Crippen molar-refractivity contribution < 1.29 is 14.3 Å². The van der Waals surface area contributed by atoms with Gasteiger partial charge in [0.1, 0.15) is 10.8 Å². The fourth-order valence-electron chi connectivity index (χ4n) is 4.59. The number of aromatic nitrogens is 3. The number of thiophene rings is 1. The Balaban J connectivity index is 1.41. The average Bonchev–Trinajstić information content (AvgIpc) is 3.43. The first-order valence-corrected chi connectivity index (χ1v) is 14.5. The van der Waals surface area contributed by atoms with Crippen molar-refractivity contribution >= 4 is 39.9 Å². The first-order valence-electron chi connectivity index (χ1n) is 12.7. The lowest BCUT2D eigenvalue weighted by Gasteiger charge is -2.18. The van der Waals surface area contributed by atoms with Crippen molar-refractivity contribution in [2.75, 3.05) is 11.1 Å². The number of carbonyl (C=O) groups is 2. The van der Waals surface area contributed by atoms with E-state index in [1.54, 1.807) is 0 Å². The van der Waals surface area contributed by atoms with Gasteiger partial charge in [-0.25, -0.2) is 0 Å². The number of rotatable bonds is 10. The van der Waals surface area contributed by atoms with Crippen molar-refractivity contribution in [2.24, 2.45) is 11.7 Å². The number of nitrogens with one attached hydrogen (secondary N) is 1. The topological polar surface area (TPSA) is 112 Å². The van der Waals surface area contributed by atoms with E-state index in [1.807, 2.05) is 30.5 Å². The van der Waals surface area contributed by atoms with Crippen LogP contribution in [0.4, 0.5) is 5.00 Å². The molecule has 10 heteroatoms. The van der Waals surface area contributed by atoms with Crippen LogP contribution in [0.15, 0.2) is 29.4 Å². The van der Waals surface area contributed by atoms with Crippen LogP contribution in [0.5, 0.6) is 5.75 Å². The minimum atomic E-state index is -0.488. The smallest absolute Gasteiger partial charge is 0.251 e. The van der Waals surface area contributed by atoms with Gasteiger partial charge in [-0.1, -0.05) is 44.7 Å². The third-order valence-corrected chi connectivity index (χ3v) is 8.76. The lowest BCUT2D eigenvalue weighted by Crippen LogP contribution is -2.20. The molecule has 8 nitrogen and oxygen atoms in total. The van der Waals surface area contributed by atoms with E-state index in [4.69, 9.17) is 10.5 Å². The van der Waals surface area contributed by atoms with Crippen molar-refractivity contribution in [3.8, 4) is 5.75 Å². The summed E-state index contributed by atoms with van der Waals surface area (Å²) in [6.07, 6.45) is 2.45. The van der Waals surface area contributed by atoms with Gasteiger partial charge in [-0.15, -0.1) is 21.5 Å². The highest BCUT2D eigenvalue weighted by Crippen LogP contribution is 2.39. The Morgan fingerprint density at radius 1 is 1.24 bits per heavy atom. The summed E-state index contributed by atoms with van der Waals surface area (Å²) in [5.74, 6) is 1.94. The van der Waals surface area contributed by atoms with E-state index in [-0.39, 0.29) is 17.8 Å². The normalized spacial score (nSPS) is 15.9. The third-order valence-electron chi connectivity index (χ3n) is 6.63. The first-order chi connectivity index (χ1) is 17.7. The zero-order chi connectivity index (χ0) is 26.7. The Kier molecular flexibility index (Phi) is 8.59. The van der Waals surface area contributed by atoms with E-state index in [9.17, 15) is 9.59 Å². The molecule has 2 amide bonds. The third kappa shape index (κ3) is 6.18. The average molecular weight is 542 g/mol. The number of benzene rings is 1. The summed E-state index contributed by atoms with van der Waals surface area (Å²) in [6, 6.07) is 8.10. The van der Waals surface area contributed by atoms with Crippen molar-refractivity contribution in [1.29, 1.82) is 0 Å². The highest BCUT2D eigenvalue weighted by Gasteiger charge is 2.27. The molecule has 0 saturated heterocycles. The quantitative estimate of drug-likeness (QED) is 0.324. The minimum Gasteiger partial charge on any atom is -0.483 e. The van der Waals surface area contributed by atoms with Crippen molar-refractivity contribution in [1.82, 2.24) is 14.8 Å². The van der Waals surface area contributed by atoms with Crippen LogP contribution < -0.4 is 15.8 Å². The second-order valence-electron chi connectivity index (χ2n) is 9.83. The molecule has 1 aliphatic carbocycles. The number of primary amides is 1. The van der Waals surface area contributed by atoms with Gasteiger partial charge in [0.05, 0.1) is 11.3 Å². The predicted molar refractivity (Wildman–Crippen MR) is 149 cm³/mol. The number of thioether (sulfide) groups is 1. The number of amides is 2. The van der Waals surface area contributed by atoms with Gasteiger partial charge >= 0.3 is 0 Å². The van der Waals surface area contributed by atoms with Crippen molar-refractivity contribution in [3.05, 3.63) is 51.7 Å². The fraction of sp³-hybridized carbons (Fsp3) is 0.481. The van der Waals surface area contributed by atoms with Gasteiger partial charge < -0.3 is 20.4 Å². The summed E-state index contributed by atoms with van der Waals surface area (Å²) in [7, 11) is 0. The van der Waals surface area contributed by atoms with E-state index in [1.165, 1.54) is 28.7 Å². The monoisotopic (exact) mass is 541 g/mol. The Morgan fingerprint density at radius 2 is 1.97 bits per heavy atom. The van der Waals surface area contributed by atoms with Crippen molar-refractivity contribution in [3.63, 3.8) is 0 Å². The maximum Gasteiger partial charge on any atom is 0.251 e. The molecule has 1 aliphatic rings. The summed E-state index contributed by atoms with van der Waals surface area (Å²) >= 11 is 2.78. The Bertz CT molecular complexity index is 1270. The van der Waals surface area contributed by atoms with Crippen LogP contribution in [0.25, 0.3) is 0 Å². The van der Waals surface area contributed by atoms with Crippen molar-refractivity contribution in [2.45, 2.75) is 77.6 Å². The molecular formula is C27H35N5O3S2. The molecule has 2 heterocycles. The minimum absolute atomic E-state index is 0.140. The van der Waals surface area contributed by atoms with Crippen LogP contribution in [0.3, 0.4) is 0 Å². The molecule has 37 heavy (non-hydrogen) atoms. The number of hydrogen-bond donors (Lipinski definition) is 2. The van der Waals surface area contributed by atoms with Crippen LogP contribution in [-0.4, -0.2) is 32.3 Å². The van der Waals surface area contributed by atoms with Gasteiger partial charge in [-0.05, 0) is 68.2 Å². The van der Waals surface area contributed by atoms with Crippen LogP contribution in [0, 0.1) is 5.92 Å². The first kappa shape index (κ1) is 27.2. The van der Waals surface area contributed by atoms with Gasteiger partial charge in [0, 0.05) is 11.4 Å². The van der Waals surface area contributed by atoms with Crippen LogP contribution in [0.2, 0.25) is 0 Å². The lowest BCUT2D eigenvalue weighted by molar-refractivity contribution is -0.113. The van der Waals surface area contributed by atoms with Gasteiger partial charge in [-0.3, -0.25) is 9.59 Å². The molecule has 0 spiro atoms. The molecule has 198 valence electrons. The van der Waals surface area contributed by atoms with E-state index in [2.05, 4.69) is 48.4 Å². The molecule has 4 rings (SSSR count). The van der Waals surface area contributed by atoms with Crippen LogP contribution in [-0.2, 0) is 24.2 Å². The van der Waals surface area contributed by atoms with Gasteiger partial charge in [0.2, 0.25) is 5.91 Å². The highest BCUT2D eigenvalue weighted by atomic mass is 32.2. The van der Waals surface area contributed by atoms with E-state index >= 15 is 0 Å². The fourth-order valence-corrected chi connectivity index (χ4v) is 6.83. The van der Waals surface area contributed by atoms with E-state index in [0.29, 0.717) is 39.9 Å². The number of anilines is 1. The molecule has 2 unspecified atom stereocenters. The zero-order valence-electron chi connectivity index (χ0n) is 22.0. The molecule has 3 N–H and O–H groups in total. The number of fused-ring (bicyclic) bond motifs is 1. The van der Waals surface area contributed by atoms with Crippen LogP contribution in [0.1, 0.15) is 85.2 Å². The summed E-state index contributed by atoms with van der Waals surface area (Å²) in [4.78, 5) is 26.2. The molecule has 0 saturated carbocycles. The van der Waals surface area contributed by atoms with Gasteiger partial charge in [0.15, 0.2) is 17.1 Å². The standard InChI is InChI=1S/C27H35N5O3S2/c1-6-32-25(17(5)35-19-10-8-18(9-11-19)15(2)3)30-31-27(32)36-14-22(33)29-26-23(24(28)34)20-12-7-16(4)13-21(20)37-26/h8-11,15-17H,6-7,12-14H2,1-5H3,(H2,28,34)(H,29,33). The van der Waals surface area contributed by atoms with E-state index in [0.717, 1.165) is 35.5 Å². The molecule has 0 aliphatic heterocycles. The summed E-state index contributed by atoms with van der Waals surface area (Å²) in [5, 5.41) is 12.8. The SMILES string of the molecule is CCn1c(SCC(=O)Nc2sc3c(c2C(N)=O)CCC(C)C3)nnc1C(C)Oc1ccc(C(C)C)cc1. The Hall–Kier alpha value is -2.85. The number of ether oxygens (including phenoxy) is 1. The molecule has 1 aromatic carbocycles. The number of nitrogens with zero attached hydrogens (tertiary/aromatic N) is 3. The molecule has 0 fully saturated rings. The predicted octanol–water partition coefficient (Wildman–Crippen LogP) is 5.58. The largest absolute Gasteiger partial charge is 0.483 e. The molecular weight excluding hydrogens is 506 g/mol. The summed E-state index contributed by atoms with van der Waals surface area (Å²) in [5.41, 5.74) is 8.41. The number of hydrogen-bond acceptors (Lipinski definition) is 7. The summed E-state index contributed by atoms with van der Waals surface area (Å²) in [6.45, 7) is 11.1. The highest BCUT2D eigenvalue weighted by molar-refractivity contribution is 7.99. The van der Waals surface area contributed by atoms with Gasteiger partial charge in [-0.2, -0.15) is 0 Å². The van der Waals surface area contributed by atoms with E-state index < -0.39 is 5.91 Å². The maximum absolute atomic E-state index is 12.8. The Labute approximate surface area is 226 Å². The molecule has 0 radical (unpaired) electrons. The second-order valence-corrected chi connectivity index (χ2v) is 11.9. The Morgan fingerprint density at radius 3 is 2.62 bits per heavy atom. The zero-order valence-corrected chi connectivity index (χ0v) is 23.7. The molecule has 2 atom stereocenters. The number of carbonyl (C=O) groups excluding carboxylic acids is 2. The maximum atomic E-state index is 12.8. The van der Waals surface area contributed by atoms with Gasteiger partial charge in [0.25, 0.3) is 5.91 Å². The molecule has 2 aromatic heterocycles. The number of nitrogens with two attached hydrogens (primary N) is 1.